The van der Waals surface area contributed by atoms with Crippen LogP contribution in [0, 0.1) is 0 Å². The van der Waals surface area contributed by atoms with Gasteiger partial charge in [-0.05, 0) is 51.4 Å². The molecule has 0 aromatic rings. The van der Waals surface area contributed by atoms with Crippen molar-refractivity contribution >= 4 is 13.8 Å². The van der Waals surface area contributed by atoms with Crippen molar-refractivity contribution in [3.63, 3.8) is 0 Å². The quantitative estimate of drug-likeness (QED) is 0.0197. The highest BCUT2D eigenvalue weighted by atomic mass is 31.2. The summed E-state index contributed by atoms with van der Waals surface area (Å²) in [6, 6.07) is 0. The molecule has 62 heavy (non-hydrogen) atoms. The fourth-order valence-corrected chi connectivity index (χ4v) is 8.11. The highest BCUT2D eigenvalue weighted by Crippen LogP contribution is 2.38. The van der Waals surface area contributed by atoms with Crippen LogP contribution in [0.25, 0.3) is 0 Å². The molecule has 0 bridgehead atoms. The van der Waals surface area contributed by atoms with Crippen molar-refractivity contribution in [2.75, 3.05) is 54.1 Å². The second-order valence-corrected chi connectivity index (χ2v) is 20.3. The highest BCUT2D eigenvalue weighted by molar-refractivity contribution is 7.45. The Labute approximate surface area is 385 Å². The van der Waals surface area contributed by atoms with Crippen LogP contribution in [-0.2, 0) is 27.9 Å². The van der Waals surface area contributed by atoms with Crippen molar-refractivity contribution in [3.05, 3.63) is 36.5 Å². The Morgan fingerprint density at radius 3 is 1.35 bits per heavy atom. The summed E-state index contributed by atoms with van der Waals surface area (Å²) in [6.45, 7) is 5.41. The predicted molar refractivity (Wildman–Crippen MR) is 263 cm³/mol. The minimum atomic E-state index is -4.53. The van der Waals surface area contributed by atoms with E-state index >= 15 is 0 Å². The van der Waals surface area contributed by atoms with E-state index in [9.17, 15) is 14.3 Å². The lowest BCUT2D eigenvalue weighted by Gasteiger charge is -2.28. The van der Waals surface area contributed by atoms with E-state index in [1.165, 1.54) is 161 Å². The molecule has 9 heteroatoms. The molecule has 0 saturated carbocycles. The number of likely N-dealkylation sites (N-methyl/N-ethyl adjacent to an activating group) is 1. The van der Waals surface area contributed by atoms with Crippen LogP contribution >= 0.6 is 7.82 Å². The molecule has 0 radical (unpaired) electrons. The van der Waals surface area contributed by atoms with Gasteiger partial charge in [-0.2, -0.15) is 0 Å². The normalized spacial score (nSPS) is 13.8. The lowest BCUT2D eigenvalue weighted by molar-refractivity contribution is -0.870. The first-order valence-electron chi connectivity index (χ1n) is 26.2. The zero-order valence-electron chi connectivity index (χ0n) is 41.6. The van der Waals surface area contributed by atoms with Crippen molar-refractivity contribution in [1.29, 1.82) is 0 Å². The average molecular weight is 896 g/mol. The van der Waals surface area contributed by atoms with Crippen LogP contribution < -0.4 is 4.89 Å². The Morgan fingerprint density at radius 1 is 0.500 bits per heavy atom. The number of carbonyl (C=O) groups excluding carboxylic acids is 1. The molecule has 0 aromatic heterocycles. The van der Waals surface area contributed by atoms with E-state index in [-0.39, 0.29) is 25.8 Å². The number of carbonyl (C=O) groups is 1. The molecule has 0 rings (SSSR count). The monoisotopic (exact) mass is 896 g/mol. The number of nitrogens with zero attached hydrogens (tertiary/aromatic N) is 1. The SMILES string of the molecule is CCCCC/C=C\C/C=C\C/C=C\CCCCCCCCC(=O)OC(COCCCCCCCCCCCCCCCCCCCCCCC)COP(=O)([O-])OCC[N+](C)(C)C. The Bertz CT molecular complexity index is 1090. The lowest BCUT2D eigenvalue weighted by Crippen LogP contribution is -2.37. The number of allylic oxidation sites excluding steroid dienone is 6. The maximum Gasteiger partial charge on any atom is 0.306 e. The van der Waals surface area contributed by atoms with Crippen LogP contribution in [0.1, 0.15) is 239 Å². The van der Waals surface area contributed by atoms with Gasteiger partial charge in [-0.25, -0.2) is 0 Å². The first-order chi connectivity index (χ1) is 30.1. The molecule has 8 nitrogen and oxygen atoms in total. The summed E-state index contributed by atoms with van der Waals surface area (Å²) in [5.41, 5.74) is 0. The van der Waals surface area contributed by atoms with Gasteiger partial charge in [0.05, 0.1) is 34.4 Å². The van der Waals surface area contributed by atoms with E-state index < -0.39 is 13.9 Å². The van der Waals surface area contributed by atoms with Gasteiger partial charge in [0.25, 0.3) is 7.82 Å². The van der Waals surface area contributed by atoms with Gasteiger partial charge >= 0.3 is 5.97 Å². The molecule has 2 atom stereocenters. The number of rotatable bonds is 49. The summed E-state index contributed by atoms with van der Waals surface area (Å²) < 4.78 is 34.8. The van der Waals surface area contributed by atoms with Crippen molar-refractivity contribution in [1.82, 2.24) is 0 Å². The zero-order valence-corrected chi connectivity index (χ0v) is 42.5. The third kappa shape index (κ3) is 49.7. The molecule has 0 amide bonds. The van der Waals surface area contributed by atoms with E-state index in [2.05, 4.69) is 50.3 Å². The largest absolute Gasteiger partial charge is 0.756 e. The Kier molecular flexibility index (Phi) is 45.3. The third-order valence-corrected chi connectivity index (χ3v) is 12.4. The maximum absolute atomic E-state index is 12.7. The molecule has 0 saturated heterocycles. The summed E-state index contributed by atoms with van der Waals surface area (Å²) >= 11 is 0. The lowest BCUT2D eigenvalue weighted by atomic mass is 10.0. The minimum absolute atomic E-state index is 0.0244. The number of hydrogen-bond donors (Lipinski definition) is 0. The van der Waals surface area contributed by atoms with Gasteiger partial charge in [0.2, 0.25) is 0 Å². The zero-order chi connectivity index (χ0) is 45.5. The van der Waals surface area contributed by atoms with Crippen LogP contribution in [0.5, 0.6) is 0 Å². The first-order valence-corrected chi connectivity index (χ1v) is 27.7. The third-order valence-electron chi connectivity index (χ3n) is 11.4. The Hall–Kier alpha value is -1.28. The van der Waals surface area contributed by atoms with Gasteiger partial charge in [0.1, 0.15) is 19.3 Å². The first kappa shape index (κ1) is 60.7. The van der Waals surface area contributed by atoms with Crippen molar-refractivity contribution in [2.45, 2.75) is 245 Å². The fraction of sp³-hybridized carbons (Fsp3) is 0.868. The number of esters is 1. The number of phosphoric acid groups is 1. The molecule has 0 aliphatic rings. The highest BCUT2D eigenvalue weighted by Gasteiger charge is 2.20. The van der Waals surface area contributed by atoms with Crippen molar-refractivity contribution < 1.29 is 37.3 Å². The van der Waals surface area contributed by atoms with Gasteiger partial charge in [-0.1, -0.05) is 217 Å². The number of hydrogen-bond acceptors (Lipinski definition) is 7. The summed E-state index contributed by atoms with van der Waals surface area (Å²) in [7, 11) is 1.35. The molecule has 0 spiro atoms. The van der Waals surface area contributed by atoms with Gasteiger partial charge in [-0.15, -0.1) is 0 Å². The van der Waals surface area contributed by atoms with Crippen LogP contribution in [0.4, 0.5) is 0 Å². The second-order valence-electron chi connectivity index (χ2n) is 18.9. The van der Waals surface area contributed by atoms with Crippen LogP contribution in [-0.4, -0.2) is 70.7 Å². The summed E-state index contributed by atoms with van der Waals surface area (Å²) in [5.74, 6) is -0.342. The number of ether oxygens (including phenoxy) is 2. The molecule has 2 unspecified atom stereocenters. The standard InChI is InChI=1S/C53H102NO7P/c1-6-8-10-12-14-16-18-20-22-24-26-27-29-31-33-35-37-39-41-43-45-48-58-50-52(51-60-62(56,57)59-49-47-54(3,4)5)61-53(55)46-44-42-40-38-36-34-32-30-28-25-23-21-19-17-15-13-11-9-7-2/h15,17,21,23,28,30,52H,6-14,16,18-20,22,24-27,29,31-51H2,1-5H3/b17-15-,23-21-,30-28-. The minimum Gasteiger partial charge on any atom is -0.756 e. The van der Waals surface area contributed by atoms with Gasteiger partial charge in [0, 0.05) is 13.0 Å². The van der Waals surface area contributed by atoms with Crippen LogP contribution in [0.15, 0.2) is 36.5 Å². The van der Waals surface area contributed by atoms with E-state index in [4.69, 9.17) is 18.5 Å². The Balaban J connectivity index is 4.13. The topological polar surface area (TPSA) is 94.1 Å². The summed E-state index contributed by atoms with van der Waals surface area (Å²) in [4.78, 5) is 25.2. The summed E-state index contributed by atoms with van der Waals surface area (Å²) in [6.07, 6.45) is 55.9. The molecule has 0 aliphatic carbocycles. The van der Waals surface area contributed by atoms with Crippen molar-refractivity contribution in [3.8, 4) is 0 Å². The van der Waals surface area contributed by atoms with E-state index in [1.807, 2.05) is 21.1 Å². The Morgan fingerprint density at radius 2 is 0.887 bits per heavy atom. The average Bonchev–Trinajstić information content (AvgIpc) is 3.23. The number of phosphoric ester groups is 1. The van der Waals surface area contributed by atoms with E-state index in [0.29, 0.717) is 24.1 Å². The number of unbranched alkanes of at least 4 members (excludes halogenated alkanes) is 29. The molecule has 0 aromatic carbocycles. The van der Waals surface area contributed by atoms with Crippen molar-refractivity contribution in [2.24, 2.45) is 0 Å². The second kappa shape index (κ2) is 46.3. The van der Waals surface area contributed by atoms with Crippen LogP contribution in [0.3, 0.4) is 0 Å². The molecule has 0 N–H and O–H groups in total. The van der Waals surface area contributed by atoms with Gasteiger partial charge in [-0.3, -0.25) is 9.36 Å². The molecule has 0 fully saturated rings. The smallest absolute Gasteiger partial charge is 0.306 e. The molecule has 0 heterocycles. The molecule has 0 aliphatic heterocycles. The van der Waals surface area contributed by atoms with Gasteiger partial charge in [0.15, 0.2) is 0 Å². The molecular weight excluding hydrogens is 794 g/mol. The van der Waals surface area contributed by atoms with E-state index in [1.54, 1.807) is 0 Å². The number of quaternary nitrogens is 1. The van der Waals surface area contributed by atoms with Gasteiger partial charge < -0.3 is 27.9 Å². The van der Waals surface area contributed by atoms with E-state index in [0.717, 1.165) is 57.8 Å². The maximum atomic E-state index is 12.7. The molecular formula is C53H102NO7P. The predicted octanol–water partition coefficient (Wildman–Crippen LogP) is 15.5. The van der Waals surface area contributed by atoms with Crippen LogP contribution in [0.2, 0.25) is 0 Å². The summed E-state index contributed by atoms with van der Waals surface area (Å²) in [5, 5.41) is 0. The molecule has 366 valence electrons. The fourth-order valence-electron chi connectivity index (χ4n) is 7.38.